The second-order valence-corrected chi connectivity index (χ2v) is 4.56. The Morgan fingerprint density at radius 1 is 1.21 bits per heavy atom. The number of amides is 1. The number of rotatable bonds is 1. The third kappa shape index (κ3) is 2.21. The molecule has 0 bridgehead atoms. The molecule has 1 aromatic heterocycles. The molecule has 1 aliphatic rings. The summed E-state index contributed by atoms with van der Waals surface area (Å²) in [6.07, 6.45) is 3.22. The standard InChI is InChI=1S/C15H13FN2O/c16-14-8-7-12(10-17-14)15(19)18-9-3-5-11-4-1-2-6-13(11)18/h1-2,4,6-8,10H,3,5,9H2. The van der Waals surface area contributed by atoms with Crippen molar-refractivity contribution in [3.8, 4) is 0 Å². The molecule has 3 nitrogen and oxygen atoms in total. The molecule has 4 heteroatoms. The first-order chi connectivity index (χ1) is 9.25. The normalized spacial score (nSPS) is 14.1. The molecule has 1 aliphatic heterocycles. The smallest absolute Gasteiger partial charge is 0.259 e. The maximum Gasteiger partial charge on any atom is 0.259 e. The molecule has 2 heterocycles. The van der Waals surface area contributed by atoms with Crippen LogP contribution in [0.1, 0.15) is 22.3 Å². The zero-order valence-corrected chi connectivity index (χ0v) is 10.3. The number of hydrogen-bond acceptors (Lipinski definition) is 2. The van der Waals surface area contributed by atoms with Crippen LogP contribution in [0.2, 0.25) is 0 Å². The highest BCUT2D eigenvalue weighted by molar-refractivity contribution is 6.06. The minimum Gasteiger partial charge on any atom is -0.308 e. The van der Waals surface area contributed by atoms with Gasteiger partial charge in [-0.1, -0.05) is 18.2 Å². The number of pyridine rings is 1. The number of carbonyl (C=O) groups excluding carboxylic acids is 1. The Kier molecular flexibility index (Phi) is 2.99. The van der Waals surface area contributed by atoms with Crippen molar-refractivity contribution in [1.82, 2.24) is 4.98 Å². The molecule has 0 saturated heterocycles. The van der Waals surface area contributed by atoms with Gasteiger partial charge in [-0.25, -0.2) is 4.98 Å². The molecule has 0 saturated carbocycles. The van der Waals surface area contributed by atoms with Crippen molar-refractivity contribution in [3.63, 3.8) is 0 Å². The molecular weight excluding hydrogens is 243 g/mol. The minimum atomic E-state index is -0.574. The summed E-state index contributed by atoms with van der Waals surface area (Å²) in [5.41, 5.74) is 2.54. The topological polar surface area (TPSA) is 33.2 Å². The van der Waals surface area contributed by atoms with Crippen LogP contribution >= 0.6 is 0 Å². The van der Waals surface area contributed by atoms with E-state index in [1.165, 1.54) is 23.9 Å². The zero-order chi connectivity index (χ0) is 13.2. The van der Waals surface area contributed by atoms with Gasteiger partial charge in [0.25, 0.3) is 5.91 Å². The fourth-order valence-electron chi connectivity index (χ4n) is 2.40. The predicted octanol–water partition coefficient (Wildman–Crippen LogP) is 2.81. The highest BCUT2D eigenvalue weighted by Gasteiger charge is 2.23. The number of anilines is 1. The summed E-state index contributed by atoms with van der Waals surface area (Å²) in [7, 11) is 0. The molecule has 3 rings (SSSR count). The monoisotopic (exact) mass is 256 g/mol. The van der Waals surface area contributed by atoms with Gasteiger partial charge in [0.1, 0.15) is 0 Å². The Balaban J connectivity index is 1.95. The van der Waals surface area contributed by atoms with Gasteiger partial charge >= 0.3 is 0 Å². The van der Waals surface area contributed by atoms with Crippen LogP contribution in [0.4, 0.5) is 10.1 Å². The largest absolute Gasteiger partial charge is 0.308 e. The molecule has 96 valence electrons. The third-order valence-corrected chi connectivity index (χ3v) is 3.33. The SMILES string of the molecule is O=C(c1ccc(F)nc1)N1CCCc2ccccc21. The Labute approximate surface area is 110 Å². The minimum absolute atomic E-state index is 0.125. The number of para-hydroxylation sites is 1. The van der Waals surface area contributed by atoms with Crippen molar-refractivity contribution < 1.29 is 9.18 Å². The van der Waals surface area contributed by atoms with E-state index in [2.05, 4.69) is 4.98 Å². The molecule has 0 spiro atoms. The van der Waals surface area contributed by atoms with E-state index in [0.717, 1.165) is 18.5 Å². The van der Waals surface area contributed by atoms with Crippen LogP contribution in [-0.2, 0) is 6.42 Å². The van der Waals surface area contributed by atoms with Crippen LogP contribution in [0.25, 0.3) is 0 Å². The fraction of sp³-hybridized carbons (Fsp3) is 0.200. The van der Waals surface area contributed by atoms with Gasteiger partial charge < -0.3 is 4.90 Å². The fourth-order valence-corrected chi connectivity index (χ4v) is 2.40. The molecule has 19 heavy (non-hydrogen) atoms. The third-order valence-electron chi connectivity index (χ3n) is 3.33. The maximum absolute atomic E-state index is 12.8. The highest BCUT2D eigenvalue weighted by atomic mass is 19.1. The van der Waals surface area contributed by atoms with Crippen LogP contribution in [0, 0.1) is 5.95 Å². The average Bonchev–Trinajstić information content (AvgIpc) is 2.47. The van der Waals surface area contributed by atoms with Gasteiger partial charge in [-0.3, -0.25) is 4.79 Å². The number of hydrogen-bond donors (Lipinski definition) is 0. The molecule has 0 atom stereocenters. The molecule has 1 amide bonds. The quantitative estimate of drug-likeness (QED) is 0.735. The molecule has 0 fully saturated rings. The van der Waals surface area contributed by atoms with Crippen LogP contribution < -0.4 is 4.90 Å². The van der Waals surface area contributed by atoms with Gasteiger partial charge in [0.05, 0.1) is 5.56 Å². The van der Waals surface area contributed by atoms with Crippen LogP contribution in [0.5, 0.6) is 0 Å². The van der Waals surface area contributed by atoms with Crippen LogP contribution in [0.15, 0.2) is 42.6 Å². The second-order valence-electron chi connectivity index (χ2n) is 4.56. The molecule has 1 aromatic carbocycles. The van der Waals surface area contributed by atoms with Crippen molar-refractivity contribution in [1.29, 1.82) is 0 Å². The molecule has 2 aromatic rings. The number of benzene rings is 1. The van der Waals surface area contributed by atoms with Gasteiger partial charge in [0.15, 0.2) is 0 Å². The Morgan fingerprint density at radius 3 is 2.84 bits per heavy atom. The molecular formula is C15H13FN2O. The lowest BCUT2D eigenvalue weighted by Gasteiger charge is -2.29. The molecule has 0 aliphatic carbocycles. The predicted molar refractivity (Wildman–Crippen MR) is 70.6 cm³/mol. The van der Waals surface area contributed by atoms with E-state index in [9.17, 15) is 9.18 Å². The molecule has 0 N–H and O–H groups in total. The Morgan fingerprint density at radius 2 is 2.05 bits per heavy atom. The first kappa shape index (κ1) is 11.8. The van der Waals surface area contributed by atoms with Crippen molar-refractivity contribution in [2.75, 3.05) is 11.4 Å². The summed E-state index contributed by atoms with van der Waals surface area (Å²) in [4.78, 5) is 17.7. The first-order valence-electron chi connectivity index (χ1n) is 6.27. The summed E-state index contributed by atoms with van der Waals surface area (Å²) >= 11 is 0. The average molecular weight is 256 g/mol. The number of halogens is 1. The van der Waals surface area contributed by atoms with Crippen molar-refractivity contribution in [3.05, 3.63) is 59.7 Å². The highest BCUT2D eigenvalue weighted by Crippen LogP contribution is 2.27. The second kappa shape index (κ2) is 4.80. The first-order valence-corrected chi connectivity index (χ1v) is 6.27. The van der Waals surface area contributed by atoms with E-state index in [1.807, 2.05) is 24.3 Å². The van der Waals surface area contributed by atoms with Gasteiger partial charge in [0.2, 0.25) is 5.95 Å². The van der Waals surface area contributed by atoms with E-state index >= 15 is 0 Å². The van der Waals surface area contributed by atoms with E-state index < -0.39 is 5.95 Å². The number of fused-ring (bicyclic) bond motifs is 1. The van der Waals surface area contributed by atoms with Gasteiger partial charge in [-0.15, -0.1) is 0 Å². The lowest BCUT2D eigenvalue weighted by Crippen LogP contribution is -2.35. The van der Waals surface area contributed by atoms with Crippen molar-refractivity contribution in [2.45, 2.75) is 12.8 Å². The van der Waals surface area contributed by atoms with E-state index in [4.69, 9.17) is 0 Å². The van der Waals surface area contributed by atoms with E-state index in [1.54, 1.807) is 4.90 Å². The number of aromatic nitrogens is 1. The summed E-state index contributed by atoms with van der Waals surface area (Å²) in [6.45, 7) is 0.688. The number of aryl methyl sites for hydroxylation is 1. The summed E-state index contributed by atoms with van der Waals surface area (Å²) in [6, 6.07) is 10.6. The van der Waals surface area contributed by atoms with Gasteiger partial charge in [0, 0.05) is 18.4 Å². The van der Waals surface area contributed by atoms with Gasteiger partial charge in [-0.05, 0) is 36.6 Å². The van der Waals surface area contributed by atoms with Gasteiger partial charge in [-0.2, -0.15) is 4.39 Å². The van der Waals surface area contributed by atoms with E-state index in [0.29, 0.717) is 12.1 Å². The Hall–Kier alpha value is -2.23. The van der Waals surface area contributed by atoms with Crippen molar-refractivity contribution in [2.24, 2.45) is 0 Å². The molecule has 0 unspecified atom stereocenters. The maximum atomic E-state index is 12.8. The van der Waals surface area contributed by atoms with Crippen LogP contribution in [0.3, 0.4) is 0 Å². The Bertz CT molecular complexity index is 610. The van der Waals surface area contributed by atoms with E-state index in [-0.39, 0.29) is 5.91 Å². The lowest BCUT2D eigenvalue weighted by atomic mass is 10.0. The number of nitrogens with zero attached hydrogens (tertiary/aromatic N) is 2. The van der Waals surface area contributed by atoms with Crippen molar-refractivity contribution >= 4 is 11.6 Å². The number of carbonyl (C=O) groups is 1. The molecule has 0 radical (unpaired) electrons. The summed E-state index contributed by atoms with van der Waals surface area (Å²) < 4.78 is 12.8. The summed E-state index contributed by atoms with van der Waals surface area (Å²) in [5.74, 6) is -0.699. The zero-order valence-electron chi connectivity index (χ0n) is 10.3. The summed E-state index contributed by atoms with van der Waals surface area (Å²) in [5, 5.41) is 0. The lowest BCUT2D eigenvalue weighted by molar-refractivity contribution is 0.0984. The van der Waals surface area contributed by atoms with Crippen LogP contribution in [-0.4, -0.2) is 17.4 Å².